The smallest absolute Gasteiger partial charge is 0.272 e. The minimum absolute atomic E-state index is 0.154. The molecule has 0 atom stereocenters. The van der Waals surface area contributed by atoms with Crippen molar-refractivity contribution in [2.24, 2.45) is 0 Å². The molecule has 142 valence electrons. The number of aromatic nitrogens is 1. The lowest BCUT2D eigenvalue weighted by atomic mass is 10.0. The van der Waals surface area contributed by atoms with Gasteiger partial charge in [0.15, 0.2) is 5.79 Å². The number of likely N-dealkylation sites (tertiary alicyclic amines) is 1. The highest BCUT2D eigenvalue weighted by Crippen LogP contribution is 2.31. The first kappa shape index (κ1) is 18.8. The zero-order chi connectivity index (χ0) is 18.4. The monoisotopic (exact) mass is 361 g/mol. The van der Waals surface area contributed by atoms with Gasteiger partial charge in [0, 0.05) is 32.5 Å². The Bertz CT molecular complexity index is 633. The van der Waals surface area contributed by atoms with Gasteiger partial charge in [-0.2, -0.15) is 0 Å². The van der Waals surface area contributed by atoms with Gasteiger partial charge < -0.3 is 19.7 Å². The Morgan fingerprint density at radius 2 is 1.85 bits per heavy atom. The fourth-order valence-corrected chi connectivity index (χ4v) is 3.35. The molecule has 1 aromatic rings. The van der Waals surface area contributed by atoms with Gasteiger partial charge in [0.05, 0.1) is 13.2 Å². The van der Waals surface area contributed by atoms with Crippen LogP contribution < -0.4 is 5.32 Å². The maximum absolute atomic E-state index is 12.7. The van der Waals surface area contributed by atoms with E-state index in [1.807, 2.05) is 0 Å². The molecule has 3 rings (SSSR count). The van der Waals surface area contributed by atoms with E-state index in [2.05, 4.69) is 17.2 Å². The molecule has 0 saturated carbocycles. The number of hydrogen-bond acceptors (Lipinski definition) is 5. The van der Waals surface area contributed by atoms with Crippen molar-refractivity contribution in [2.45, 2.75) is 44.8 Å². The SMILES string of the molecule is CCCCCNC(=O)c1cccc(C(=O)N2CCC3(CC2)OCCO3)n1. The summed E-state index contributed by atoms with van der Waals surface area (Å²) in [4.78, 5) is 30.9. The number of carbonyl (C=O) groups is 2. The Hall–Kier alpha value is -1.99. The normalized spacial score (nSPS) is 18.9. The first-order valence-corrected chi connectivity index (χ1v) is 9.46. The molecule has 0 aromatic carbocycles. The highest BCUT2D eigenvalue weighted by atomic mass is 16.7. The molecule has 26 heavy (non-hydrogen) atoms. The molecule has 0 aliphatic carbocycles. The van der Waals surface area contributed by atoms with Gasteiger partial charge in [0.2, 0.25) is 0 Å². The number of nitrogens with zero attached hydrogens (tertiary/aromatic N) is 2. The molecular formula is C19H27N3O4. The summed E-state index contributed by atoms with van der Waals surface area (Å²) < 4.78 is 11.4. The Kier molecular flexibility index (Phi) is 6.21. The number of piperidine rings is 1. The Labute approximate surface area is 154 Å². The third-order valence-electron chi connectivity index (χ3n) is 4.89. The van der Waals surface area contributed by atoms with E-state index >= 15 is 0 Å². The molecule has 2 aliphatic heterocycles. The number of carbonyl (C=O) groups excluding carboxylic acids is 2. The third kappa shape index (κ3) is 4.40. The van der Waals surface area contributed by atoms with Crippen LogP contribution in [-0.2, 0) is 9.47 Å². The largest absolute Gasteiger partial charge is 0.351 e. The number of unbranched alkanes of at least 4 members (excludes halogenated alkanes) is 2. The summed E-state index contributed by atoms with van der Waals surface area (Å²) in [5.41, 5.74) is 0.582. The number of nitrogens with one attached hydrogen (secondary N) is 1. The lowest BCUT2D eigenvalue weighted by Gasteiger charge is -2.37. The van der Waals surface area contributed by atoms with E-state index in [4.69, 9.17) is 9.47 Å². The summed E-state index contributed by atoms with van der Waals surface area (Å²) >= 11 is 0. The second kappa shape index (κ2) is 8.60. The minimum Gasteiger partial charge on any atom is -0.351 e. The van der Waals surface area contributed by atoms with Gasteiger partial charge in [-0.15, -0.1) is 0 Å². The van der Waals surface area contributed by atoms with Gasteiger partial charge in [-0.3, -0.25) is 9.59 Å². The van der Waals surface area contributed by atoms with Crippen LogP contribution in [0.3, 0.4) is 0 Å². The van der Waals surface area contributed by atoms with Gasteiger partial charge in [-0.25, -0.2) is 4.98 Å². The van der Waals surface area contributed by atoms with Gasteiger partial charge in [0.25, 0.3) is 11.8 Å². The van der Waals surface area contributed by atoms with Crippen LogP contribution in [0, 0.1) is 0 Å². The molecule has 1 aromatic heterocycles. The molecular weight excluding hydrogens is 334 g/mol. The second-order valence-corrected chi connectivity index (χ2v) is 6.77. The predicted molar refractivity (Wildman–Crippen MR) is 95.9 cm³/mol. The van der Waals surface area contributed by atoms with Gasteiger partial charge >= 0.3 is 0 Å². The number of pyridine rings is 1. The van der Waals surface area contributed by atoms with E-state index in [1.165, 1.54) is 0 Å². The molecule has 2 amide bonds. The Morgan fingerprint density at radius 1 is 1.15 bits per heavy atom. The second-order valence-electron chi connectivity index (χ2n) is 6.77. The minimum atomic E-state index is -0.509. The quantitative estimate of drug-likeness (QED) is 0.784. The first-order valence-electron chi connectivity index (χ1n) is 9.46. The van der Waals surface area contributed by atoms with E-state index < -0.39 is 5.79 Å². The van der Waals surface area contributed by atoms with Gasteiger partial charge in [0.1, 0.15) is 11.4 Å². The van der Waals surface area contributed by atoms with Crippen LogP contribution in [0.4, 0.5) is 0 Å². The number of rotatable bonds is 6. The molecule has 3 heterocycles. The molecule has 1 spiro atoms. The number of amides is 2. The van der Waals surface area contributed by atoms with Crippen LogP contribution in [0.2, 0.25) is 0 Å². The predicted octanol–water partition coefficient (Wildman–Crippen LogP) is 1.98. The summed E-state index contributed by atoms with van der Waals surface area (Å²) in [5.74, 6) is -0.899. The zero-order valence-corrected chi connectivity index (χ0v) is 15.3. The van der Waals surface area contributed by atoms with Gasteiger partial charge in [-0.1, -0.05) is 25.8 Å². The Morgan fingerprint density at radius 3 is 2.54 bits per heavy atom. The molecule has 2 fully saturated rings. The van der Waals surface area contributed by atoms with Crippen molar-refractivity contribution in [3.63, 3.8) is 0 Å². The molecule has 0 unspecified atom stereocenters. The van der Waals surface area contributed by atoms with Crippen molar-refractivity contribution in [3.05, 3.63) is 29.6 Å². The molecule has 2 saturated heterocycles. The van der Waals surface area contributed by atoms with Crippen molar-refractivity contribution in [1.29, 1.82) is 0 Å². The molecule has 0 bridgehead atoms. The first-order chi connectivity index (χ1) is 12.6. The molecule has 1 N–H and O–H groups in total. The molecule has 7 heteroatoms. The standard InChI is InChI=1S/C19H27N3O4/c1-2-3-4-10-20-17(23)15-6-5-7-16(21-15)18(24)22-11-8-19(9-12-22)25-13-14-26-19/h5-7H,2-4,8-14H2,1H3,(H,20,23). The fraction of sp³-hybridized carbons (Fsp3) is 0.632. The van der Waals surface area contributed by atoms with Crippen molar-refractivity contribution in [1.82, 2.24) is 15.2 Å². The van der Waals surface area contributed by atoms with Crippen molar-refractivity contribution >= 4 is 11.8 Å². The average Bonchev–Trinajstić information content (AvgIpc) is 3.13. The fourth-order valence-electron chi connectivity index (χ4n) is 3.35. The average molecular weight is 361 g/mol. The molecule has 2 aliphatic rings. The van der Waals surface area contributed by atoms with E-state index in [0.29, 0.717) is 51.4 Å². The number of hydrogen-bond donors (Lipinski definition) is 1. The topological polar surface area (TPSA) is 80.8 Å². The third-order valence-corrected chi connectivity index (χ3v) is 4.89. The summed E-state index contributed by atoms with van der Waals surface area (Å²) in [6.07, 6.45) is 4.45. The highest BCUT2D eigenvalue weighted by molar-refractivity contribution is 5.96. The highest BCUT2D eigenvalue weighted by Gasteiger charge is 2.41. The van der Waals surface area contributed by atoms with Crippen LogP contribution in [0.25, 0.3) is 0 Å². The summed E-state index contributed by atoms with van der Waals surface area (Å²) in [7, 11) is 0. The van der Waals surface area contributed by atoms with Crippen molar-refractivity contribution in [2.75, 3.05) is 32.8 Å². The Balaban J connectivity index is 1.57. The van der Waals surface area contributed by atoms with Crippen LogP contribution in [0.1, 0.15) is 60.0 Å². The zero-order valence-electron chi connectivity index (χ0n) is 15.3. The van der Waals surface area contributed by atoms with E-state index in [9.17, 15) is 9.59 Å². The lowest BCUT2D eigenvalue weighted by Crippen LogP contribution is -2.47. The summed E-state index contributed by atoms with van der Waals surface area (Å²) in [6, 6.07) is 5.00. The van der Waals surface area contributed by atoms with Crippen molar-refractivity contribution < 1.29 is 19.1 Å². The van der Waals surface area contributed by atoms with Crippen LogP contribution in [0.5, 0.6) is 0 Å². The molecule has 7 nitrogen and oxygen atoms in total. The summed E-state index contributed by atoms with van der Waals surface area (Å²) in [5, 5.41) is 2.85. The summed E-state index contributed by atoms with van der Waals surface area (Å²) in [6.45, 7) is 5.10. The van der Waals surface area contributed by atoms with Crippen LogP contribution in [-0.4, -0.2) is 60.3 Å². The van der Waals surface area contributed by atoms with Crippen LogP contribution >= 0.6 is 0 Å². The van der Waals surface area contributed by atoms with E-state index in [1.54, 1.807) is 23.1 Å². The maximum Gasteiger partial charge on any atom is 0.272 e. The maximum atomic E-state index is 12.7. The number of ether oxygens (including phenoxy) is 2. The van der Waals surface area contributed by atoms with Gasteiger partial charge in [-0.05, 0) is 18.6 Å². The van der Waals surface area contributed by atoms with E-state index in [-0.39, 0.29) is 17.5 Å². The molecule has 0 radical (unpaired) electrons. The van der Waals surface area contributed by atoms with E-state index in [0.717, 1.165) is 19.3 Å². The van der Waals surface area contributed by atoms with Crippen LogP contribution in [0.15, 0.2) is 18.2 Å². The lowest BCUT2D eigenvalue weighted by molar-refractivity contribution is -0.181. The van der Waals surface area contributed by atoms with Crippen molar-refractivity contribution in [3.8, 4) is 0 Å².